The van der Waals surface area contributed by atoms with Crippen molar-refractivity contribution in [2.45, 2.75) is 27.7 Å². The standard InChI is InChI=1S/C12H14.C2H6/c1-5-11-8-6-7-10(4)12(11)9(2)3;1-2/h5-8H,1-2H2,3-4H3;1-2H3. The van der Waals surface area contributed by atoms with E-state index in [-0.39, 0.29) is 0 Å². The second-order valence-electron chi connectivity index (χ2n) is 3.02. The molecule has 0 amide bonds. The molecule has 0 saturated heterocycles. The van der Waals surface area contributed by atoms with Gasteiger partial charge in [0.15, 0.2) is 0 Å². The Kier molecular flexibility index (Phi) is 5.62. The molecule has 0 heterocycles. The summed E-state index contributed by atoms with van der Waals surface area (Å²) in [7, 11) is 0. The van der Waals surface area contributed by atoms with Crippen LogP contribution in [0.4, 0.5) is 0 Å². The van der Waals surface area contributed by atoms with E-state index >= 15 is 0 Å². The molecule has 0 bridgehead atoms. The highest BCUT2D eigenvalue weighted by atomic mass is 14.1. The summed E-state index contributed by atoms with van der Waals surface area (Å²) in [6, 6.07) is 6.19. The Hall–Kier alpha value is -1.30. The van der Waals surface area contributed by atoms with Crippen LogP contribution < -0.4 is 0 Å². The van der Waals surface area contributed by atoms with Gasteiger partial charge in [0, 0.05) is 0 Å². The Morgan fingerprint density at radius 2 is 1.86 bits per heavy atom. The normalized spacial score (nSPS) is 8.57. The first kappa shape index (κ1) is 12.7. The van der Waals surface area contributed by atoms with E-state index in [1.54, 1.807) is 0 Å². The van der Waals surface area contributed by atoms with Crippen LogP contribution >= 0.6 is 0 Å². The lowest BCUT2D eigenvalue weighted by molar-refractivity contribution is 1.40. The van der Waals surface area contributed by atoms with E-state index in [9.17, 15) is 0 Å². The van der Waals surface area contributed by atoms with Gasteiger partial charge in [-0.15, -0.1) is 0 Å². The van der Waals surface area contributed by atoms with E-state index in [4.69, 9.17) is 0 Å². The molecule has 1 rings (SSSR count). The van der Waals surface area contributed by atoms with Crippen LogP contribution in [-0.4, -0.2) is 0 Å². The molecule has 1 aromatic carbocycles. The van der Waals surface area contributed by atoms with E-state index in [1.165, 1.54) is 16.7 Å². The molecule has 0 aliphatic heterocycles. The molecule has 0 aliphatic rings. The van der Waals surface area contributed by atoms with Crippen molar-refractivity contribution < 1.29 is 0 Å². The maximum Gasteiger partial charge on any atom is -0.0132 e. The van der Waals surface area contributed by atoms with Gasteiger partial charge in [0.25, 0.3) is 0 Å². The lowest BCUT2D eigenvalue weighted by Gasteiger charge is -2.08. The maximum absolute atomic E-state index is 3.95. The number of rotatable bonds is 2. The number of hydrogen-bond acceptors (Lipinski definition) is 0. The summed E-state index contributed by atoms with van der Waals surface area (Å²) in [5.74, 6) is 0. The van der Waals surface area contributed by atoms with E-state index in [1.807, 2.05) is 32.9 Å². The highest BCUT2D eigenvalue weighted by Gasteiger charge is 2.01. The molecule has 0 N–H and O–H groups in total. The van der Waals surface area contributed by atoms with Crippen LogP contribution in [0.15, 0.2) is 31.4 Å². The summed E-state index contributed by atoms with van der Waals surface area (Å²) in [4.78, 5) is 0. The quantitative estimate of drug-likeness (QED) is 0.631. The van der Waals surface area contributed by atoms with Gasteiger partial charge in [0.1, 0.15) is 0 Å². The van der Waals surface area contributed by atoms with Gasteiger partial charge in [-0.05, 0) is 30.5 Å². The van der Waals surface area contributed by atoms with Gasteiger partial charge < -0.3 is 0 Å². The molecule has 76 valence electrons. The van der Waals surface area contributed by atoms with Crippen molar-refractivity contribution in [2.24, 2.45) is 0 Å². The molecule has 0 nitrogen and oxygen atoms in total. The van der Waals surface area contributed by atoms with E-state index in [2.05, 4.69) is 32.2 Å². The average molecular weight is 188 g/mol. The summed E-state index contributed by atoms with van der Waals surface area (Å²) >= 11 is 0. The number of aryl methyl sites for hydroxylation is 1. The van der Waals surface area contributed by atoms with Gasteiger partial charge in [-0.2, -0.15) is 0 Å². The maximum atomic E-state index is 3.95. The van der Waals surface area contributed by atoms with Crippen LogP contribution in [0.5, 0.6) is 0 Å². The first-order valence-corrected chi connectivity index (χ1v) is 5.04. The van der Waals surface area contributed by atoms with E-state index in [0.717, 1.165) is 5.57 Å². The fourth-order valence-electron chi connectivity index (χ4n) is 1.44. The topological polar surface area (TPSA) is 0 Å². The molecule has 0 radical (unpaired) electrons. The predicted octanol–water partition coefficient (Wildman–Crippen LogP) is 4.70. The third kappa shape index (κ3) is 2.88. The SMILES string of the molecule is C=Cc1cccc(C)c1C(=C)C.CC. The predicted molar refractivity (Wildman–Crippen MR) is 67.3 cm³/mol. The fourth-order valence-corrected chi connectivity index (χ4v) is 1.44. The minimum absolute atomic E-state index is 1.10. The highest BCUT2D eigenvalue weighted by molar-refractivity contribution is 5.73. The molecule has 0 unspecified atom stereocenters. The summed E-state index contributed by atoms with van der Waals surface area (Å²) in [5, 5.41) is 0. The molecule has 0 aromatic heterocycles. The minimum atomic E-state index is 1.10. The first-order chi connectivity index (χ1) is 6.66. The second-order valence-corrected chi connectivity index (χ2v) is 3.02. The molecule has 0 heteroatoms. The van der Waals surface area contributed by atoms with Crippen molar-refractivity contribution in [3.63, 3.8) is 0 Å². The molecule has 0 spiro atoms. The first-order valence-electron chi connectivity index (χ1n) is 5.04. The summed E-state index contributed by atoms with van der Waals surface area (Å²) in [5.41, 5.74) is 4.76. The third-order valence-electron chi connectivity index (χ3n) is 1.95. The lowest BCUT2D eigenvalue weighted by atomic mass is 9.97. The van der Waals surface area contributed by atoms with Crippen molar-refractivity contribution in [3.8, 4) is 0 Å². The Bertz CT molecular complexity index is 319. The van der Waals surface area contributed by atoms with Crippen molar-refractivity contribution in [1.82, 2.24) is 0 Å². The summed E-state index contributed by atoms with van der Waals surface area (Å²) in [6.45, 7) is 15.8. The lowest BCUT2D eigenvalue weighted by Crippen LogP contribution is -1.88. The van der Waals surface area contributed by atoms with Gasteiger partial charge in [-0.3, -0.25) is 0 Å². The van der Waals surface area contributed by atoms with Gasteiger partial charge in [-0.25, -0.2) is 0 Å². The number of hydrogen-bond donors (Lipinski definition) is 0. The van der Waals surface area contributed by atoms with Crippen LogP contribution in [0.1, 0.15) is 37.5 Å². The molecule has 0 fully saturated rings. The van der Waals surface area contributed by atoms with Crippen LogP contribution in [0, 0.1) is 6.92 Å². The molecule has 0 atom stereocenters. The van der Waals surface area contributed by atoms with Crippen LogP contribution in [0.2, 0.25) is 0 Å². The summed E-state index contributed by atoms with van der Waals surface area (Å²) < 4.78 is 0. The van der Waals surface area contributed by atoms with E-state index < -0.39 is 0 Å². The number of benzene rings is 1. The Morgan fingerprint density at radius 3 is 2.21 bits per heavy atom. The Morgan fingerprint density at radius 1 is 1.29 bits per heavy atom. The molecule has 14 heavy (non-hydrogen) atoms. The van der Waals surface area contributed by atoms with Crippen LogP contribution in [0.25, 0.3) is 11.6 Å². The van der Waals surface area contributed by atoms with Crippen molar-refractivity contribution in [2.75, 3.05) is 0 Å². The molecule has 0 saturated carbocycles. The zero-order valence-corrected chi connectivity index (χ0v) is 9.72. The van der Waals surface area contributed by atoms with Crippen LogP contribution in [-0.2, 0) is 0 Å². The molecular weight excluding hydrogens is 168 g/mol. The Balaban J connectivity index is 0.000000791. The zero-order valence-electron chi connectivity index (χ0n) is 9.72. The largest absolute Gasteiger partial charge is 0.0984 e. The van der Waals surface area contributed by atoms with Gasteiger partial charge >= 0.3 is 0 Å². The smallest absolute Gasteiger partial charge is 0.0132 e. The molecule has 0 aliphatic carbocycles. The third-order valence-corrected chi connectivity index (χ3v) is 1.95. The summed E-state index contributed by atoms with van der Waals surface area (Å²) in [6.07, 6.45) is 1.87. The van der Waals surface area contributed by atoms with Crippen LogP contribution in [0.3, 0.4) is 0 Å². The molecule has 1 aromatic rings. The molecular formula is C14H20. The number of allylic oxidation sites excluding steroid dienone is 1. The van der Waals surface area contributed by atoms with Gasteiger partial charge in [0.05, 0.1) is 0 Å². The van der Waals surface area contributed by atoms with Gasteiger partial charge in [0.2, 0.25) is 0 Å². The monoisotopic (exact) mass is 188 g/mol. The minimum Gasteiger partial charge on any atom is -0.0984 e. The van der Waals surface area contributed by atoms with Gasteiger partial charge in [-0.1, -0.05) is 56.9 Å². The van der Waals surface area contributed by atoms with Crippen molar-refractivity contribution in [1.29, 1.82) is 0 Å². The average Bonchev–Trinajstić information content (AvgIpc) is 2.19. The fraction of sp³-hybridized carbons (Fsp3) is 0.286. The van der Waals surface area contributed by atoms with Crippen molar-refractivity contribution in [3.05, 3.63) is 48.0 Å². The highest BCUT2D eigenvalue weighted by Crippen LogP contribution is 2.22. The zero-order chi connectivity index (χ0) is 11.1. The van der Waals surface area contributed by atoms with E-state index in [0.29, 0.717) is 0 Å². The Labute approximate surface area is 88.0 Å². The van der Waals surface area contributed by atoms with Crippen molar-refractivity contribution >= 4 is 11.6 Å². The second kappa shape index (κ2) is 6.20.